The summed E-state index contributed by atoms with van der Waals surface area (Å²) in [6.45, 7) is 7.81. The SMILES string of the molecule is CCc1cc2[nH]c(C(=O)NN3CCOCC3)c(OC(C)C)c2c(=O)n1-c1ccc(F)cc1. The Morgan fingerprint density at radius 2 is 1.94 bits per heavy atom. The minimum absolute atomic E-state index is 0.191. The molecule has 32 heavy (non-hydrogen) atoms. The first-order valence-electron chi connectivity index (χ1n) is 10.8. The lowest BCUT2D eigenvalue weighted by atomic mass is 10.2. The lowest BCUT2D eigenvalue weighted by Crippen LogP contribution is -2.48. The van der Waals surface area contributed by atoms with E-state index in [1.54, 1.807) is 17.1 Å². The first kappa shape index (κ1) is 22.0. The molecule has 0 spiro atoms. The minimum atomic E-state index is -0.385. The van der Waals surface area contributed by atoms with Gasteiger partial charge in [0.15, 0.2) is 5.75 Å². The number of morpholine rings is 1. The Morgan fingerprint density at radius 3 is 2.56 bits per heavy atom. The smallest absolute Gasteiger partial charge is 0.285 e. The van der Waals surface area contributed by atoms with Gasteiger partial charge in [-0.3, -0.25) is 19.6 Å². The molecule has 0 radical (unpaired) electrons. The number of hydrogen-bond acceptors (Lipinski definition) is 5. The number of nitrogens with zero attached hydrogens (tertiary/aromatic N) is 2. The fraction of sp³-hybridized carbons (Fsp3) is 0.391. The van der Waals surface area contributed by atoms with Gasteiger partial charge in [0.1, 0.15) is 16.9 Å². The summed E-state index contributed by atoms with van der Waals surface area (Å²) in [6, 6.07) is 7.58. The number of hydrogen-bond donors (Lipinski definition) is 2. The summed E-state index contributed by atoms with van der Waals surface area (Å²) in [5, 5.41) is 2.07. The maximum atomic E-state index is 13.6. The molecule has 9 heteroatoms. The second kappa shape index (κ2) is 9.13. The number of fused-ring (bicyclic) bond motifs is 1. The molecule has 1 saturated heterocycles. The molecule has 3 heterocycles. The number of aromatic amines is 1. The van der Waals surface area contributed by atoms with Crippen molar-refractivity contribution in [3.63, 3.8) is 0 Å². The van der Waals surface area contributed by atoms with Crippen LogP contribution in [0.3, 0.4) is 0 Å². The fourth-order valence-corrected chi connectivity index (χ4v) is 3.82. The number of hydrazine groups is 1. The van der Waals surface area contributed by atoms with Crippen molar-refractivity contribution in [2.24, 2.45) is 0 Å². The van der Waals surface area contributed by atoms with Gasteiger partial charge in [-0.1, -0.05) is 6.92 Å². The van der Waals surface area contributed by atoms with Crippen molar-refractivity contribution in [3.05, 3.63) is 57.9 Å². The van der Waals surface area contributed by atoms with E-state index in [-0.39, 0.29) is 40.2 Å². The monoisotopic (exact) mass is 442 g/mol. The van der Waals surface area contributed by atoms with Crippen molar-refractivity contribution in [2.45, 2.75) is 33.3 Å². The summed E-state index contributed by atoms with van der Waals surface area (Å²) < 4.78 is 26.3. The number of aryl methyl sites for hydroxylation is 1. The number of amides is 1. The second-order valence-corrected chi connectivity index (χ2v) is 7.93. The first-order valence-corrected chi connectivity index (χ1v) is 10.8. The van der Waals surface area contributed by atoms with Crippen LogP contribution in [0.15, 0.2) is 35.1 Å². The topological polar surface area (TPSA) is 88.6 Å². The molecular formula is C23H27FN4O4. The van der Waals surface area contributed by atoms with Crippen LogP contribution in [0, 0.1) is 5.82 Å². The molecule has 170 valence electrons. The van der Waals surface area contributed by atoms with Gasteiger partial charge in [-0.2, -0.15) is 0 Å². The van der Waals surface area contributed by atoms with Crippen molar-refractivity contribution in [1.82, 2.24) is 20.0 Å². The van der Waals surface area contributed by atoms with Gasteiger partial charge in [0.25, 0.3) is 11.5 Å². The zero-order valence-corrected chi connectivity index (χ0v) is 18.4. The number of benzene rings is 1. The standard InChI is InChI=1S/C23H27FN4O4/c1-4-16-13-18-19(23(30)28(16)17-7-5-15(24)6-8-17)21(32-14(2)3)20(25-18)22(29)26-27-9-11-31-12-10-27/h5-8,13-14,25H,4,9-12H2,1-3H3,(H,26,29). The van der Waals surface area contributed by atoms with Crippen molar-refractivity contribution in [2.75, 3.05) is 26.3 Å². The molecule has 3 aromatic rings. The highest BCUT2D eigenvalue weighted by molar-refractivity contribution is 6.03. The maximum absolute atomic E-state index is 13.6. The molecular weight excluding hydrogens is 415 g/mol. The Balaban J connectivity index is 1.86. The molecule has 0 unspecified atom stereocenters. The van der Waals surface area contributed by atoms with Crippen molar-refractivity contribution in [1.29, 1.82) is 0 Å². The molecule has 0 bridgehead atoms. The third-order valence-electron chi connectivity index (χ3n) is 5.30. The largest absolute Gasteiger partial charge is 0.488 e. The van der Waals surface area contributed by atoms with E-state index in [4.69, 9.17) is 9.47 Å². The summed E-state index contributed by atoms with van der Waals surface area (Å²) in [7, 11) is 0. The van der Waals surface area contributed by atoms with Gasteiger partial charge in [-0.05, 0) is 50.6 Å². The van der Waals surface area contributed by atoms with E-state index in [9.17, 15) is 14.0 Å². The van der Waals surface area contributed by atoms with E-state index in [2.05, 4.69) is 10.4 Å². The zero-order valence-electron chi connectivity index (χ0n) is 18.4. The number of carbonyl (C=O) groups excluding carboxylic acids is 1. The van der Waals surface area contributed by atoms with Crippen LogP contribution in [0.4, 0.5) is 4.39 Å². The molecule has 2 N–H and O–H groups in total. The van der Waals surface area contributed by atoms with E-state index in [1.807, 2.05) is 26.8 Å². The van der Waals surface area contributed by atoms with Crippen molar-refractivity contribution in [3.8, 4) is 11.4 Å². The predicted octanol–water partition coefficient (Wildman–Crippen LogP) is 2.78. The van der Waals surface area contributed by atoms with Crippen LogP contribution in [0.5, 0.6) is 5.75 Å². The zero-order chi connectivity index (χ0) is 22.8. The summed E-state index contributed by atoms with van der Waals surface area (Å²) in [4.78, 5) is 29.8. The molecule has 1 aromatic carbocycles. The lowest BCUT2D eigenvalue weighted by Gasteiger charge is -2.26. The van der Waals surface area contributed by atoms with E-state index in [0.717, 1.165) is 5.69 Å². The summed E-state index contributed by atoms with van der Waals surface area (Å²) >= 11 is 0. The third-order valence-corrected chi connectivity index (χ3v) is 5.30. The van der Waals surface area contributed by atoms with Crippen LogP contribution in [-0.4, -0.2) is 52.9 Å². The highest BCUT2D eigenvalue weighted by Crippen LogP contribution is 2.30. The quantitative estimate of drug-likeness (QED) is 0.613. The van der Waals surface area contributed by atoms with Gasteiger partial charge >= 0.3 is 0 Å². The van der Waals surface area contributed by atoms with Crippen LogP contribution in [-0.2, 0) is 11.2 Å². The Bertz CT molecular complexity index is 1180. The summed E-state index contributed by atoms with van der Waals surface area (Å²) in [5.41, 5.74) is 4.52. The Hall–Kier alpha value is -3.17. The van der Waals surface area contributed by atoms with Crippen LogP contribution in [0.2, 0.25) is 0 Å². The van der Waals surface area contributed by atoms with Crippen LogP contribution >= 0.6 is 0 Å². The Morgan fingerprint density at radius 1 is 1.25 bits per heavy atom. The van der Waals surface area contributed by atoms with Crippen LogP contribution in [0.25, 0.3) is 16.6 Å². The third kappa shape index (κ3) is 4.26. The average molecular weight is 442 g/mol. The van der Waals surface area contributed by atoms with Crippen LogP contribution < -0.4 is 15.7 Å². The molecule has 1 amide bonds. The number of pyridine rings is 1. The van der Waals surface area contributed by atoms with E-state index in [0.29, 0.717) is 43.9 Å². The molecule has 0 saturated carbocycles. The van der Waals surface area contributed by atoms with E-state index in [1.165, 1.54) is 16.7 Å². The summed E-state index contributed by atoms with van der Waals surface area (Å²) in [5.74, 6) is -0.553. The van der Waals surface area contributed by atoms with E-state index < -0.39 is 0 Å². The molecule has 1 aliphatic rings. The number of nitrogens with one attached hydrogen (secondary N) is 2. The molecule has 4 rings (SSSR count). The normalized spacial score (nSPS) is 14.8. The maximum Gasteiger partial charge on any atom is 0.285 e. The molecule has 0 aliphatic carbocycles. The number of rotatable bonds is 6. The summed E-state index contributed by atoms with van der Waals surface area (Å²) in [6.07, 6.45) is 0.311. The number of ether oxygens (including phenoxy) is 2. The van der Waals surface area contributed by atoms with Gasteiger partial charge in [0.2, 0.25) is 0 Å². The molecule has 8 nitrogen and oxygen atoms in total. The molecule has 0 atom stereocenters. The lowest BCUT2D eigenvalue weighted by molar-refractivity contribution is 0.0123. The minimum Gasteiger partial charge on any atom is -0.488 e. The first-order chi connectivity index (χ1) is 15.4. The number of carbonyl (C=O) groups is 1. The average Bonchev–Trinajstić information content (AvgIpc) is 3.13. The van der Waals surface area contributed by atoms with Gasteiger partial charge in [0.05, 0.1) is 24.8 Å². The highest BCUT2D eigenvalue weighted by atomic mass is 19.1. The van der Waals surface area contributed by atoms with Gasteiger partial charge in [0, 0.05) is 24.5 Å². The number of H-pyrrole nitrogens is 1. The van der Waals surface area contributed by atoms with Crippen molar-refractivity contribution >= 4 is 16.8 Å². The molecule has 1 aliphatic heterocycles. The number of aromatic nitrogens is 2. The predicted molar refractivity (Wildman–Crippen MR) is 119 cm³/mol. The van der Waals surface area contributed by atoms with Crippen LogP contribution in [0.1, 0.15) is 37.0 Å². The fourth-order valence-electron chi connectivity index (χ4n) is 3.82. The number of halogens is 1. The second-order valence-electron chi connectivity index (χ2n) is 7.93. The van der Waals surface area contributed by atoms with Crippen molar-refractivity contribution < 1.29 is 18.7 Å². The van der Waals surface area contributed by atoms with Gasteiger partial charge in [-0.25, -0.2) is 9.40 Å². The Labute approximate surface area is 184 Å². The van der Waals surface area contributed by atoms with E-state index >= 15 is 0 Å². The highest BCUT2D eigenvalue weighted by Gasteiger charge is 2.26. The molecule has 2 aromatic heterocycles. The van der Waals surface area contributed by atoms with Gasteiger partial charge < -0.3 is 14.5 Å². The Kier molecular flexibility index (Phi) is 6.29. The molecule has 1 fully saturated rings. The van der Waals surface area contributed by atoms with Gasteiger partial charge in [-0.15, -0.1) is 0 Å².